The van der Waals surface area contributed by atoms with Crippen LogP contribution in [-0.2, 0) is 98.8 Å². The highest BCUT2D eigenvalue weighted by atomic mass is 32.1. The molecule has 0 spiro atoms. The number of carbonyl (C=O) groups is 4. The van der Waals surface area contributed by atoms with Gasteiger partial charge in [0.05, 0.1) is 157 Å². The quantitative estimate of drug-likeness (QED) is 0.0119. The molecule has 0 radical (unpaired) electrons. The van der Waals surface area contributed by atoms with E-state index >= 15 is 0 Å². The van der Waals surface area contributed by atoms with E-state index in [1.54, 1.807) is 129 Å². The number of benzene rings is 4. The average Bonchev–Trinajstić information content (AvgIpc) is 1.64. The number of thiophene rings is 4. The maximum Gasteiger partial charge on any atom is 0.272 e. The highest BCUT2D eigenvalue weighted by Crippen LogP contribution is 2.46. The van der Waals surface area contributed by atoms with Gasteiger partial charge < -0.3 is 82.3 Å². The standard InChI is InChI=1S/C29H31FN4O4S.C23H22FN5O5S.C23H24FN5O3S.C22H21FN4O4S.C3H7N/c1-18(35)34(10-11-37-3)17-21-16-32-29(33(21)2)27-15-24-28(39-27)26(8-9-31-24)38-25-7-6-20(14-23(25)30)13-22(36)12-19-4-5-19;1-14(30)28(8-9-33-3)13-16-12-26-23(27(16)2)21-11-18-22(35-21)20(6-7-25-18)34-19-5-4-15(29(31)32)10-17(19)24;1-14(30)29(8-9-31-3)13-16-12-27-23(28(16)2)21-11-18-22(33-21)20(6-7-26-18)32-19-5-4-15(25)10-17(19)24;1-26-15(5-3-4-10-30-2)13-25-22(26)20-12-17-21(32-20)19(8-9-24-17)31-18-7-6-14(27(28)29)11-16(18)23;4-3-1-2-3/h6-9,14-16,19H,4-5,10-13,17H2,1-3H3;4-7,10-12H,8-9,13H2,1-3H3;4-7,10-12H,8-9,13,25H2,1-3H3;6-9,11-13H,3-5,10H2,1-2H3;3H,1-2,4H2. The minimum Gasteiger partial charge on any atom is -0.453 e. The van der Waals surface area contributed by atoms with Gasteiger partial charge in [0, 0.05) is 207 Å². The van der Waals surface area contributed by atoms with Crippen molar-refractivity contribution in [1.82, 2.24) is 72.8 Å². The van der Waals surface area contributed by atoms with Gasteiger partial charge in [0.15, 0.2) is 46.3 Å². The lowest BCUT2D eigenvalue weighted by molar-refractivity contribution is -0.385. The Morgan fingerprint density at radius 1 is 0.413 bits per heavy atom. The molecule has 16 aromatic rings. The molecule has 43 heteroatoms. The number of aryl methyl sites for hydroxylation is 1. The van der Waals surface area contributed by atoms with Gasteiger partial charge in [-0.15, -0.1) is 45.3 Å². The molecule has 0 bridgehead atoms. The van der Waals surface area contributed by atoms with Gasteiger partial charge >= 0.3 is 0 Å². The Morgan fingerprint density at radius 3 is 1.03 bits per heavy atom. The molecular formula is C100H105F4N19O16S4. The number of nitrogen functional groups attached to an aromatic ring is 1. The molecule has 4 aromatic carbocycles. The van der Waals surface area contributed by atoms with Gasteiger partial charge in [-0.2, -0.15) is 0 Å². The number of nitrogens with zero attached hydrogens (tertiary/aromatic N) is 17. The zero-order valence-corrected chi connectivity index (χ0v) is 83.5. The van der Waals surface area contributed by atoms with E-state index in [4.69, 9.17) is 49.4 Å². The number of fused-ring (bicyclic) bond motifs is 4. The number of ether oxygens (including phenoxy) is 8. The first kappa shape index (κ1) is 104. The number of anilines is 1. The molecule has 18 rings (SSSR count). The van der Waals surface area contributed by atoms with E-state index in [1.165, 1.54) is 121 Å². The summed E-state index contributed by atoms with van der Waals surface area (Å²) in [5.41, 5.74) is 17.7. The lowest BCUT2D eigenvalue weighted by Crippen LogP contribution is -2.32. The fourth-order valence-corrected chi connectivity index (χ4v) is 19.2. The predicted octanol–water partition coefficient (Wildman–Crippen LogP) is 19.9. The number of carbonyl (C=O) groups excluding carboxylic acids is 4. The van der Waals surface area contributed by atoms with Crippen LogP contribution in [0, 0.1) is 49.4 Å². The number of hydrogen-bond acceptors (Lipinski definition) is 30. The third-order valence-corrected chi connectivity index (χ3v) is 27.7. The van der Waals surface area contributed by atoms with Crippen LogP contribution < -0.4 is 30.4 Å². The van der Waals surface area contributed by atoms with E-state index in [9.17, 15) is 57.0 Å². The van der Waals surface area contributed by atoms with Crippen molar-refractivity contribution in [3.8, 4) is 88.8 Å². The smallest absolute Gasteiger partial charge is 0.272 e. The Bertz CT molecular complexity index is 7250. The van der Waals surface area contributed by atoms with Crippen LogP contribution in [0.4, 0.5) is 34.6 Å². The molecule has 143 heavy (non-hydrogen) atoms. The monoisotopic (exact) mass is 2030 g/mol. The summed E-state index contributed by atoms with van der Waals surface area (Å²) in [6, 6.07) is 30.4. The number of halogens is 4. The highest BCUT2D eigenvalue weighted by Gasteiger charge is 2.28. The third kappa shape index (κ3) is 26.9. The number of nitro benzene ring substituents is 2. The Labute approximate surface area is 834 Å². The average molecular weight is 2030 g/mol. The summed E-state index contributed by atoms with van der Waals surface area (Å²) >= 11 is 5.73. The number of nitro groups is 2. The largest absolute Gasteiger partial charge is 0.453 e. The van der Waals surface area contributed by atoms with Crippen molar-refractivity contribution in [1.29, 1.82) is 0 Å². The zero-order valence-electron chi connectivity index (χ0n) is 80.2. The predicted molar refractivity (Wildman–Crippen MR) is 538 cm³/mol. The van der Waals surface area contributed by atoms with E-state index in [2.05, 4.69) is 44.4 Å². The molecule has 0 saturated heterocycles. The second-order valence-corrected chi connectivity index (χ2v) is 37.8. The number of non-ortho nitro benzene ring substituents is 2. The van der Waals surface area contributed by atoms with Crippen molar-refractivity contribution in [2.24, 2.45) is 39.8 Å². The number of unbranched alkanes of at least 4 members (excludes halogenated alkanes) is 1. The number of Topliss-reactive ketones (excluding diaryl/α,β-unsaturated/α-hetero) is 1. The summed E-state index contributed by atoms with van der Waals surface area (Å²) in [7, 11) is 14.2. The Hall–Kier alpha value is -14.4. The second-order valence-electron chi connectivity index (χ2n) is 33.6. The lowest BCUT2D eigenvalue weighted by atomic mass is 10.0. The molecule has 35 nitrogen and oxygen atoms in total. The van der Waals surface area contributed by atoms with Gasteiger partial charge in [0.25, 0.3) is 11.4 Å². The number of hydrogen-bond donors (Lipinski definition) is 2. The molecule has 12 aromatic heterocycles. The first-order valence-electron chi connectivity index (χ1n) is 45.3. The van der Waals surface area contributed by atoms with Crippen molar-refractivity contribution in [2.45, 2.75) is 104 Å². The molecule has 0 atom stereocenters. The molecule has 748 valence electrons. The number of amides is 3. The van der Waals surface area contributed by atoms with Crippen LogP contribution in [0.15, 0.2) is 171 Å². The molecular weight excluding hydrogens is 1930 g/mol. The second kappa shape index (κ2) is 48.4. The molecule has 0 aliphatic heterocycles. The maximum absolute atomic E-state index is 14.9. The van der Waals surface area contributed by atoms with Crippen LogP contribution in [0.3, 0.4) is 0 Å². The van der Waals surface area contributed by atoms with Gasteiger partial charge in [-0.3, -0.25) is 59.3 Å². The number of methoxy groups -OCH3 is 4. The number of imidazole rings is 4. The van der Waals surface area contributed by atoms with Gasteiger partial charge in [0.2, 0.25) is 17.7 Å². The van der Waals surface area contributed by atoms with E-state index in [0.717, 1.165) is 130 Å². The molecule has 4 N–H and O–H groups in total. The summed E-state index contributed by atoms with van der Waals surface area (Å²) in [6.07, 6.45) is 22.0. The number of rotatable bonds is 38. The number of aromatic nitrogens is 12. The van der Waals surface area contributed by atoms with Gasteiger partial charge in [-0.25, -0.2) is 37.5 Å². The van der Waals surface area contributed by atoms with Crippen LogP contribution in [0.5, 0.6) is 46.0 Å². The van der Waals surface area contributed by atoms with Crippen molar-refractivity contribution in [3.05, 3.63) is 243 Å². The summed E-state index contributed by atoms with van der Waals surface area (Å²) in [6.45, 7) is 9.38. The first-order valence-corrected chi connectivity index (χ1v) is 48.6. The molecule has 2 aliphatic rings. The minimum absolute atomic E-state index is 0.0300. The first-order chi connectivity index (χ1) is 68.8. The molecule has 0 unspecified atom stereocenters. The normalized spacial score (nSPS) is 12.1. The van der Waals surface area contributed by atoms with Crippen molar-refractivity contribution in [2.75, 3.05) is 80.2 Å². The molecule has 12 heterocycles. The van der Waals surface area contributed by atoms with Crippen LogP contribution in [0.2, 0.25) is 0 Å². The Kier molecular flexibility index (Phi) is 35.3. The summed E-state index contributed by atoms with van der Waals surface area (Å²) in [5.74, 6) is 2.60. The summed E-state index contributed by atoms with van der Waals surface area (Å²) in [4.78, 5) is 113. The van der Waals surface area contributed by atoms with Crippen molar-refractivity contribution in [3.63, 3.8) is 0 Å². The van der Waals surface area contributed by atoms with Crippen molar-refractivity contribution < 1.29 is 84.5 Å². The molecule has 3 amide bonds. The highest BCUT2D eigenvalue weighted by molar-refractivity contribution is 7.23. The third-order valence-electron chi connectivity index (χ3n) is 23.2. The van der Waals surface area contributed by atoms with Crippen LogP contribution >= 0.6 is 45.3 Å². The van der Waals surface area contributed by atoms with Crippen molar-refractivity contribution >= 4 is 127 Å². The molecule has 2 aliphatic carbocycles. The van der Waals surface area contributed by atoms with Crippen LogP contribution in [0.1, 0.15) is 94.1 Å². The zero-order chi connectivity index (χ0) is 102. The number of pyridine rings is 4. The number of ketones is 1. The van der Waals surface area contributed by atoms with Crippen LogP contribution in [0.25, 0.3) is 83.7 Å². The van der Waals surface area contributed by atoms with Gasteiger partial charge in [-0.1, -0.05) is 6.07 Å². The van der Waals surface area contributed by atoms with Gasteiger partial charge in [-0.05, 0) is 117 Å². The number of nitrogens with two attached hydrogens (primary N) is 2. The van der Waals surface area contributed by atoms with E-state index in [-0.39, 0.29) is 64.3 Å². The molecule has 2 saturated carbocycles. The SMILES string of the molecule is COCCCCc1cnc(-c2cc3nccc(Oc4ccc([N+](=O)[O-])cc4F)c3s2)n1C.COCCN(Cc1cnc(-c2cc3nccc(Oc4ccc(CC(=O)CC5CC5)cc4F)c3s2)n1C)C(C)=O.COCCN(Cc1cnc(-c2cc3nccc(Oc4ccc(N)cc4F)c3s2)n1C)C(C)=O.COCCN(Cc1cnc(-c2cc3nccc(Oc4ccc([N+](=O)[O-])cc4F)c3s2)n1C)C(C)=O.NC1CC1. The van der Waals surface area contributed by atoms with Gasteiger partial charge in [0.1, 0.15) is 52.1 Å². The topological polar surface area (TPSA) is 413 Å². The fourth-order valence-electron chi connectivity index (χ4n) is 14.8. The Morgan fingerprint density at radius 2 is 0.727 bits per heavy atom. The molecule has 2 fully saturated rings. The Balaban J connectivity index is 0.000000149. The van der Waals surface area contributed by atoms with E-state index < -0.39 is 33.1 Å². The summed E-state index contributed by atoms with van der Waals surface area (Å²) in [5, 5.41) is 21.7. The lowest BCUT2D eigenvalue weighted by Gasteiger charge is -2.20. The van der Waals surface area contributed by atoms with Crippen LogP contribution in [-0.4, -0.2) is 187 Å². The van der Waals surface area contributed by atoms with E-state index in [0.29, 0.717) is 139 Å². The van der Waals surface area contributed by atoms with E-state index in [1.807, 2.05) is 72.4 Å². The summed E-state index contributed by atoms with van der Waals surface area (Å²) < 4.78 is 112. The minimum atomic E-state index is -0.835. The maximum atomic E-state index is 14.9. The fraction of sp³-hybridized carbons (Fsp3) is 0.320.